The summed E-state index contributed by atoms with van der Waals surface area (Å²) in [5.74, 6) is -0.375. The third-order valence-corrected chi connectivity index (χ3v) is 0.407. The van der Waals surface area contributed by atoms with Crippen molar-refractivity contribution in [3.63, 3.8) is 0 Å². The summed E-state index contributed by atoms with van der Waals surface area (Å²) < 4.78 is 0. The predicted octanol–water partition coefficient (Wildman–Crippen LogP) is -3.45. The van der Waals surface area contributed by atoms with Crippen molar-refractivity contribution in [3.8, 4) is 0 Å². The van der Waals surface area contributed by atoms with Crippen molar-refractivity contribution in [3.05, 3.63) is 6.42 Å². The van der Waals surface area contributed by atoms with Gasteiger partial charge in [0, 0.05) is 11.6 Å². The minimum absolute atomic E-state index is 0. The van der Waals surface area contributed by atoms with Gasteiger partial charge in [-0.2, -0.15) is 0 Å². The van der Waals surface area contributed by atoms with Gasteiger partial charge in [0.05, 0.1) is 0 Å². The maximum atomic E-state index is 9.98. The molecule has 9 heavy (non-hydrogen) atoms. The van der Waals surface area contributed by atoms with E-state index in [1.54, 1.807) is 0 Å². The first-order valence-electron chi connectivity index (χ1n) is 1.99. The summed E-state index contributed by atoms with van der Waals surface area (Å²) >= 11 is 0. The van der Waals surface area contributed by atoms with Gasteiger partial charge in [0.2, 0.25) is 0 Å². The van der Waals surface area contributed by atoms with Gasteiger partial charge in [-0.05, 0) is 13.8 Å². The number of ketones is 2. The summed E-state index contributed by atoms with van der Waals surface area (Å²) in [7, 11) is 0. The zero-order chi connectivity index (χ0) is 5.86. The molecule has 0 saturated carbocycles. The van der Waals surface area contributed by atoms with E-state index in [-0.39, 0.29) is 46.6 Å². The molecule has 0 aromatic heterocycles. The van der Waals surface area contributed by atoms with Crippen molar-refractivity contribution in [2.75, 3.05) is 0 Å². The molecule has 0 radical (unpaired) electrons. The molecule has 48 valence electrons. The molecule has 0 amide bonds. The van der Waals surface area contributed by atoms with Crippen molar-refractivity contribution in [1.82, 2.24) is 0 Å². The molecule has 4 heteroatoms. The van der Waals surface area contributed by atoms with Gasteiger partial charge in [-0.1, -0.05) is 0 Å². The zero-order valence-corrected chi connectivity index (χ0v) is 7.89. The smallest absolute Gasteiger partial charge is 0.412 e. The molecule has 0 bridgehead atoms. The molecule has 0 aromatic carbocycles. The molecule has 3 nitrogen and oxygen atoms in total. The van der Waals surface area contributed by atoms with Crippen molar-refractivity contribution >= 4 is 11.6 Å². The Morgan fingerprint density at radius 1 is 1.11 bits per heavy atom. The Morgan fingerprint density at radius 3 is 1.33 bits per heavy atom. The predicted molar refractivity (Wildman–Crippen MR) is 29.3 cm³/mol. The van der Waals surface area contributed by atoms with Gasteiger partial charge in [0.1, 0.15) is 0 Å². The van der Waals surface area contributed by atoms with E-state index >= 15 is 0 Å². The fraction of sp³-hybridized carbons (Fsp3) is 0.400. The third kappa shape index (κ3) is 17.9. The first-order chi connectivity index (χ1) is 3.13. The van der Waals surface area contributed by atoms with Crippen LogP contribution in [0.5, 0.6) is 0 Å². The number of hydrogen-bond donors (Lipinski definition) is 0. The quantitative estimate of drug-likeness (QED) is 0.227. The molecule has 0 saturated heterocycles. The molecule has 2 N–H and O–H groups in total. The topological polar surface area (TPSA) is 65.6 Å². The molecule has 0 fully saturated rings. The van der Waals surface area contributed by atoms with E-state index in [9.17, 15) is 9.59 Å². The van der Waals surface area contributed by atoms with Crippen LogP contribution in [0.1, 0.15) is 13.8 Å². The molecule has 0 spiro atoms. The van der Waals surface area contributed by atoms with E-state index in [0.717, 1.165) is 6.42 Å². The van der Waals surface area contributed by atoms with Crippen LogP contribution in [0.15, 0.2) is 0 Å². The fourth-order valence-electron chi connectivity index (χ4n) is 0.286. The minimum Gasteiger partial charge on any atom is -0.412 e. The standard InChI is InChI=1S/C5H7O2.Na.H2O/c1-4(6)3-5(2)7;;/h3H,1-2H3;;1H2/q-1;+1;. The Bertz CT molecular complexity index is 88.4. The van der Waals surface area contributed by atoms with Gasteiger partial charge in [0.15, 0.2) is 0 Å². The van der Waals surface area contributed by atoms with Crippen molar-refractivity contribution in [2.45, 2.75) is 13.8 Å². The monoisotopic (exact) mass is 140 g/mol. The first-order valence-corrected chi connectivity index (χ1v) is 1.99. The molecular weight excluding hydrogens is 131 g/mol. The van der Waals surface area contributed by atoms with Gasteiger partial charge in [-0.15, -0.1) is 0 Å². The molecule has 0 aliphatic heterocycles. The van der Waals surface area contributed by atoms with Crippen LogP contribution in [0.2, 0.25) is 0 Å². The van der Waals surface area contributed by atoms with Gasteiger partial charge in [0.25, 0.3) is 0 Å². The average molecular weight is 140 g/mol. The minimum atomic E-state index is -0.187. The summed E-state index contributed by atoms with van der Waals surface area (Å²) in [5.41, 5.74) is 0. The van der Waals surface area contributed by atoms with Gasteiger partial charge >= 0.3 is 29.6 Å². The number of carbonyl (C=O) groups is 2. The van der Waals surface area contributed by atoms with Crippen LogP contribution in [0.25, 0.3) is 0 Å². The number of carbonyl (C=O) groups excluding carboxylic acids is 2. The molecular formula is C5H9NaO3. The van der Waals surface area contributed by atoms with E-state index in [2.05, 4.69) is 0 Å². The second kappa shape index (κ2) is 8.17. The molecule has 0 unspecified atom stereocenters. The number of rotatable bonds is 2. The molecule has 0 aromatic rings. The largest absolute Gasteiger partial charge is 1.00 e. The Hall–Kier alpha value is 0.170. The average Bonchev–Trinajstić information content (AvgIpc) is 1.27. The maximum Gasteiger partial charge on any atom is 1.00 e. The first kappa shape index (κ1) is 16.1. The fourth-order valence-corrected chi connectivity index (χ4v) is 0.286. The molecule has 0 atom stereocenters. The number of Topliss-reactive ketones (excluding diaryl/α,β-unsaturated/α-hetero) is 2. The molecule has 0 aliphatic rings. The Labute approximate surface area is 76.4 Å². The van der Waals surface area contributed by atoms with Crippen LogP contribution in [-0.2, 0) is 9.59 Å². The van der Waals surface area contributed by atoms with Gasteiger partial charge in [-0.25, -0.2) is 0 Å². The van der Waals surface area contributed by atoms with Crippen LogP contribution in [0.3, 0.4) is 0 Å². The summed E-state index contributed by atoms with van der Waals surface area (Å²) in [5, 5.41) is 0. The van der Waals surface area contributed by atoms with Crippen molar-refractivity contribution in [2.24, 2.45) is 0 Å². The van der Waals surface area contributed by atoms with Crippen LogP contribution < -0.4 is 29.6 Å². The molecule has 0 aliphatic carbocycles. The maximum absolute atomic E-state index is 9.98. The zero-order valence-electron chi connectivity index (χ0n) is 5.89. The van der Waals surface area contributed by atoms with Crippen molar-refractivity contribution < 1.29 is 44.6 Å². The summed E-state index contributed by atoms with van der Waals surface area (Å²) in [6.45, 7) is 2.70. The van der Waals surface area contributed by atoms with Crippen LogP contribution in [0.4, 0.5) is 0 Å². The SMILES string of the molecule is CC(=O)[CH-]C(C)=O.O.[Na+]. The van der Waals surface area contributed by atoms with E-state index in [0.29, 0.717) is 0 Å². The Morgan fingerprint density at radius 2 is 1.33 bits per heavy atom. The summed E-state index contributed by atoms with van der Waals surface area (Å²) in [4.78, 5) is 20.0. The normalized spacial score (nSPS) is 6.00. The van der Waals surface area contributed by atoms with E-state index in [4.69, 9.17) is 0 Å². The Balaban J connectivity index is -0.000000180. The van der Waals surface area contributed by atoms with E-state index in [1.165, 1.54) is 13.8 Å². The second-order valence-corrected chi connectivity index (χ2v) is 1.37. The van der Waals surface area contributed by atoms with E-state index in [1.807, 2.05) is 0 Å². The van der Waals surface area contributed by atoms with Crippen LogP contribution in [0, 0.1) is 6.42 Å². The molecule has 0 heterocycles. The number of hydrogen-bond acceptors (Lipinski definition) is 2. The second-order valence-electron chi connectivity index (χ2n) is 1.37. The van der Waals surface area contributed by atoms with Crippen LogP contribution >= 0.6 is 0 Å². The third-order valence-electron chi connectivity index (χ3n) is 0.407. The summed E-state index contributed by atoms with van der Waals surface area (Å²) in [6.07, 6.45) is 1.06. The summed E-state index contributed by atoms with van der Waals surface area (Å²) in [6, 6.07) is 0. The molecule has 0 rings (SSSR count). The van der Waals surface area contributed by atoms with Gasteiger partial charge < -0.3 is 15.1 Å². The van der Waals surface area contributed by atoms with Crippen molar-refractivity contribution in [1.29, 1.82) is 0 Å². The Kier molecular flexibility index (Phi) is 14.6. The van der Waals surface area contributed by atoms with E-state index < -0.39 is 0 Å². The van der Waals surface area contributed by atoms with Gasteiger partial charge in [-0.3, -0.25) is 6.42 Å². The van der Waals surface area contributed by atoms with Crippen LogP contribution in [-0.4, -0.2) is 17.0 Å².